The van der Waals surface area contributed by atoms with E-state index in [1.54, 1.807) is 6.20 Å². The van der Waals surface area contributed by atoms with Gasteiger partial charge in [0.1, 0.15) is 5.82 Å². The molecule has 5 heteroatoms. The van der Waals surface area contributed by atoms with Gasteiger partial charge < -0.3 is 16.8 Å². The summed E-state index contributed by atoms with van der Waals surface area (Å²) in [4.78, 5) is 15.4. The molecule has 2 rings (SSSR count). The number of anilines is 2. The van der Waals surface area contributed by atoms with Gasteiger partial charge in [0.15, 0.2) is 0 Å². The van der Waals surface area contributed by atoms with E-state index in [4.69, 9.17) is 11.5 Å². The van der Waals surface area contributed by atoms with Crippen molar-refractivity contribution in [2.45, 2.75) is 39.2 Å². The second-order valence-electron chi connectivity index (χ2n) is 5.77. The Bertz CT molecular complexity index is 470. The smallest absolute Gasteiger partial charge is 0.250 e. The number of hydrogen-bond acceptors (Lipinski definition) is 4. The highest BCUT2D eigenvalue weighted by Crippen LogP contribution is 2.38. The van der Waals surface area contributed by atoms with Crippen molar-refractivity contribution < 1.29 is 4.79 Å². The first-order chi connectivity index (χ1) is 8.37. The van der Waals surface area contributed by atoms with Gasteiger partial charge in [0.25, 0.3) is 5.91 Å². The first-order valence-electron chi connectivity index (χ1n) is 6.19. The lowest BCUT2D eigenvalue weighted by Gasteiger charge is -2.19. The van der Waals surface area contributed by atoms with Crippen LogP contribution < -0.4 is 16.8 Å². The van der Waals surface area contributed by atoms with Crippen LogP contribution in [0, 0.1) is 5.41 Å². The lowest BCUT2D eigenvalue weighted by molar-refractivity contribution is 0.100. The topological polar surface area (TPSA) is 94.0 Å². The van der Waals surface area contributed by atoms with E-state index in [1.165, 1.54) is 12.5 Å². The number of carbonyl (C=O) groups is 1. The van der Waals surface area contributed by atoms with Crippen molar-refractivity contribution in [1.82, 2.24) is 4.98 Å². The fourth-order valence-electron chi connectivity index (χ4n) is 2.57. The van der Waals surface area contributed by atoms with E-state index in [9.17, 15) is 4.79 Å². The van der Waals surface area contributed by atoms with Gasteiger partial charge in [-0.1, -0.05) is 13.8 Å². The van der Waals surface area contributed by atoms with E-state index < -0.39 is 5.91 Å². The Morgan fingerprint density at radius 3 is 2.83 bits per heavy atom. The molecule has 1 fully saturated rings. The molecule has 5 nitrogen and oxygen atoms in total. The van der Waals surface area contributed by atoms with Gasteiger partial charge in [0.2, 0.25) is 0 Å². The van der Waals surface area contributed by atoms with Crippen molar-refractivity contribution in [3.8, 4) is 0 Å². The summed E-state index contributed by atoms with van der Waals surface area (Å²) in [6.45, 7) is 4.51. The summed E-state index contributed by atoms with van der Waals surface area (Å²) >= 11 is 0. The SMILES string of the molecule is CC1(C)CCC(Nc2cnc(N)cc2C(N)=O)C1. The number of aromatic nitrogens is 1. The fourth-order valence-corrected chi connectivity index (χ4v) is 2.57. The summed E-state index contributed by atoms with van der Waals surface area (Å²) in [6.07, 6.45) is 4.94. The van der Waals surface area contributed by atoms with E-state index in [2.05, 4.69) is 24.1 Å². The molecule has 1 saturated carbocycles. The number of carbonyl (C=O) groups excluding carboxylic acids is 1. The third-order valence-electron chi connectivity index (χ3n) is 3.52. The molecule has 0 spiro atoms. The molecule has 0 saturated heterocycles. The molecule has 1 amide bonds. The Hall–Kier alpha value is -1.78. The number of amides is 1. The Morgan fingerprint density at radius 2 is 2.28 bits per heavy atom. The van der Waals surface area contributed by atoms with E-state index in [1.807, 2.05) is 0 Å². The fraction of sp³-hybridized carbons (Fsp3) is 0.538. The zero-order valence-corrected chi connectivity index (χ0v) is 10.9. The highest BCUT2D eigenvalue weighted by Gasteiger charge is 2.31. The van der Waals surface area contributed by atoms with E-state index >= 15 is 0 Å². The van der Waals surface area contributed by atoms with Crippen molar-refractivity contribution in [3.05, 3.63) is 17.8 Å². The molecular weight excluding hydrogens is 228 g/mol. The Balaban J connectivity index is 2.17. The second kappa shape index (κ2) is 4.48. The zero-order valence-electron chi connectivity index (χ0n) is 10.9. The van der Waals surface area contributed by atoms with Crippen molar-refractivity contribution >= 4 is 17.4 Å². The lowest BCUT2D eigenvalue weighted by atomic mass is 9.92. The van der Waals surface area contributed by atoms with Gasteiger partial charge in [0.05, 0.1) is 17.4 Å². The molecule has 1 aliphatic carbocycles. The Labute approximate surface area is 107 Å². The van der Waals surface area contributed by atoms with Crippen LogP contribution in [0.2, 0.25) is 0 Å². The van der Waals surface area contributed by atoms with Crippen LogP contribution in [-0.4, -0.2) is 16.9 Å². The maximum atomic E-state index is 11.4. The molecule has 0 radical (unpaired) electrons. The predicted octanol–water partition coefficient (Wildman–Crippen LogP) is 1.75. The first kappa shape index (κ1) is 12.7. The molecule has 5 N–H and O–H groups in total. The van der Waals surface area contributed by atoms with Crippen LogP contribution in [0.25, 0.3) is 0 Å². The minimum absolute atomic E-state index is 0.307. The quantitative estimate of drug-likeness (QED) is 0.759. The molecule has 1 atom stereocenters. The van der Waals surface area contributed by atoms with Gasteiger partial charge in [-0.25, -0.2) is 4.98 Å². The molecule has 1 unspecified atom stereocenters. The van der Waals surface area contributed by atoms with Crippen molar-refractivity contribution in [3.63, 3.8) is 0 Å². The number of primary amides is 1. The number of nitrogens with zero attached hydrogens (tertiary/aromatic N) is 1. The monoisotopic (exact) mass is 248 g/mol. The third-order valence-corrected chi connectivity index (χ3v) is 3.52. The number of nitrogen functional groups attached to an aromatic ring is 1. The second-order valence-corrected chi connectivity index (χ2v) is 5.77. The predicted molar refractivity (Wildman–Crippen MR) is 72.2 cm³/mol. The van der Waals surface area contributed by atoms with Gasteiger partial charge in [-0.05, 0) is 30.7 Å². The summed E-state index contributed by atoms with van der Waals surface area (Å²) in [5.74, 6) is -0.176. The summed E-state index contributed by atoms with van der Waals surface area (Å²) in [7, 11) is 0. The molecule has 18 heavy (non-hydrogen) atoms. The van der Waals surface area contributed by atoms with Crippen LogP contribution in [0.4, 0.5) is 11.5 Å². The average Bonchev–Trinajstić information content (AvgIpc) is 2.60. The summed E-state index contributed by atoms with van der Waals surface area (Å²) in [5, 5.41) is 3.35. The summed E-state index contributed by atoms with van der Waals surface area (Å²) in [5.41, 5.74) is 12.4. The number of nitrogens with two attached hydrogens (primary N) is 2. The largest absolute Gasteiger partial charge is 0.384 e. The number of hydrogen-bond donors (Lipinski definition) is 3. The molecule has 0 aromatic carbocycles. The van der Waals surface area contributed by atoms with Crippen LogP contribution in [0.5, 0.6) is 0 Å². The first-order valence-corrected chi connectivity index (χ1v) is 6.19. The van der Waals surface area contributed by atoms with Crippen LogP contribution in [0.3, 0.4) is 0 Å². The zero-order chi connectivity index (χ0) is 13.3. The minimum atomic E-state index is -0.483. The Kier molecular flexibility index (Phi) is 3.15. The molecule has 1 aromatic heterocycles. The van der Waals surface area contributed by atoms with E-state index in [-0.39, 0.29) is 0 Å². The molecule has 98 valence electrons. The van der Waals surface area contributed by atoms with E-state index in [0.717, 1.165) is 12.8 Å². The van der Waals surface area contributed by atoms with Gasteiger partial charge in [-0.15, -0.1) is 0 Å². The van der Waals surface area contributed by atoms with Crippen LogP contribution in [-0.2, 0) is 0 Å². The summed E-state index contributed by atoms with van der Waals surface area (Å²) in [6, 6.07) is 1.88. The maximum absolute atomic E-state index is 11.4. The Morgan fingerprint density at radius 1 is 1.56 bits per heavy atom. The highest BCUT2D eigenvalue weighted by molar-refractivity contribution is 5.99. The summed E-state index contributed by atoms with van der Waals surface area (Å²) < 4.78 is 0. The third kappa shape index (κ3) is 2.72. The highest BCUT2D eigenvalue weighted by atomic mass is 16.1. The average molecular weight is 248 g/mol. The normalized spacial score (nSPS) is 21.8. The molecule has 0 aliphatic heterocycles. The van der Waals surface area contributed by atoms with Crippen LogP contribution in [0.1, 0.15) is 43.5 Å². The minimum Gasteiger partial charge on any atom is -0.384 e. The van der Waals surface area contributed by atoms with Gasteiger partial charge >= 0.3 is 0 Å². The molecule has 1 aromatic rings. The van der Waals surface area contributed by atoms with Crippen LogP contribution >= 0.6 is 0 Å². The van der Waals surface area contributed by atoms with Gasteiger partial charge in [-0.3, -0.25) is 4.79 Å². The van der Waals surface area contributed by atoms with Crippen molar-refractivity contribution in [2.24, 2.45) is 11.1 Å². The van der Waals surface area contributed by atoms with Crippen molar-refractivity contribution in [2.75, 3.05) is 11.1 Å². The maximum Gasteiger partial charge on any atom is 0.250 e. The van der Waals surface area contributed by atoms with Crippen LogP contribution in [0.15, 0.2) is 12.3 Å². The number of rotatable bonds is 3. The molecule has 1 aliphatic rings. The van der Waals surface area contributed by atoms with Gasteiger partial charge in [0, 0.05) is 6.04 Å². The van der Waals surface area contributed by atoms with Gasteiger partial charge in [-0.2, -0.15) is 0 Å². The standard InChI is InChI=1S/C13H20N4O/c1-13(2)4-3-8(6-13)17-10-7-16-11(14)5-9(10)12(15)18/h5,7-8,17H,3-4,6H2,1-2H3,(H2,14,16)(H2,15,18). The number of nitrogens with one attached hydrogen (secondary N) is 1. The molecule has 0 bridgehead atoms. The molecule has 1 heterocycles. The lowest BCUT2D eigenvalue weighted by Crippen LogP contribution is -2.21. The van der Waals surface area contributed by atoms with Crippen molar-refractivity contribution in [1.29, 1.82) is 0 Å². The van der Waals surface area contributed by atoms with E-state index in [0.29, 0.717) is 28.5 Å². The molecular formula is C13H20N4O. The number of pyridine rings is 1.